The summed E-state index contributed by atoms with van der Waals surface area (Å²) in [5, 5.41) is 8.28. The van der Waals surface area contributed by atoms with Crippen LogP contribution in [-0.4, -0.2) is 14.8 Å². The van der Waals surface area contributed by atoms with Gasteiger partial charge in [-0.3, -0.25) is 0 Å². The Labute approximate surface area is 66.4 Å². The zero-order valence-corrected chi connectivity index (χ0v) is 7.04. The Balaban J connectivity index is 2.42. The zero-order chi connectivity index (χ0) is 7.84. The quantitative estimate of drug-likeness (QED) is 0.606. The first-order chi connectivity index (χ1) is 5.29. The molecule has 0 aromatic carbocycles. The summed E-state index contributed by atoms with van der Waals surface area (Å²) >= 11 is 0. The van der Waals surface area contributed by atoms with E-state index in [1.807, 2.05) is 0 Å². The Morgan fingerprint density at radius 3 is 2.91 bits per heavy atom. The van der Waals surface area contributed by atoms with Gasteiger partial charge in [-0.2, -0.15) is 0 Å². The molecule has 0 unspecified atom stereocenters. The van der Waals surface area contributed by atoms with Gasteiger partial charge in [-0.05, 0) is 6.42 Å². The Kier molecular flexibility index (Phi) is 1.44. The van der Waals surface area contributed by atoms with Crippen molar-refractivity contribution < 1.29 is 0 Å². The number of aromatic nitrogens is 3. The van der Waals surface area contributed by atoms with Crippen LogP contribution in [0.15, 0.2) is 0 Å². The highest BCUT2D eigenvalue weighted by Crippen LogP contribution is 2.19. The van der Waals surface area contributed by atoms with Crippen molar-refractivity contribution in [2.75, 3.05) is 0 Å². The first-order valence-electron chi connectivity index (χ1n) is 4.21. The molecule has 0 atom stereocenters. The summed E-state index contributed by atoms with van der Waals surface area (Å²) < 4.78 is 2.25. The summed E-state index contributed by atoms with van der Waals surface area (Å²) in [4.78, 5) is 0. The molecule has 1 aromatic rings. The number of rotatable bonds is 1. The van der Waals surface area contributed by atoms with Gasteiger partial charge in [-0.15, -0.1) is 10.2 Å². The van der Waals surface area contributed by atoms with Gasteiger partial charge in [0.25, 0.3) is 0 Å². The molecule has 0 aliphatic carbocycles. The predicted molar refractivity (Wildman–Crippen MR) is 42.4 cm³/mol. The molecule has 0 N–H and O–H groups in total. The Hall–Kier alpha value is -0.860. The molecule has 0 saturated carbocycles. The summed E-state index contributed by atoms with van der Waals surface area (Å²) in [7, 11) is 0. The zero-order valence-electron chi connectivity index (χ0n) is 7.04. The van der Waals surface area contributed by atoms with Gasteiger partial charge in [0.2, 0.25) is 0 Å². The van der Waals surface area contributed by atoms with E-state index in [2.05, 4.69) is 28.6 Å². The van der Waals surface area contributed by atoms with Gasteiger partial charge in [0.05, 0.1) is 0 Å². The van der Waals surface area contributed by atoms with Crippen LogP contribution in [0.4, 0.5) is 0 Å². The van der Waals surface area contributed by atoms with Crippen LogP contribution in [0.25, 0.3) is 0 Å². The van der Waals surface area contributed by atoms with E-state index in [1.165, 1.54) is 12.2 Å². The highest BCUT2D eigenvalue weighted by Gasteiger charge is 2.18. The first-order valence-corrected chi connectivity index (χ1v) is 4.21. The molecule has 0 fully saturated rings. The van der Waals surface area contributed by atoms with Crippen molar-refractivity contribution in [2.24, 2.45) is 0 Å². The molecule has 1 aromatic heterocycles. The van der Waals surface area contributed by atoms with E-state index >= 15 is 0 Å². The van der Waals surface area contributed by atoms with Crippen molar-refractivity contribution in [3.8, 4) is 0 Å². The van der Waals surface area contributed by atoms with Gasteiger partial charge in [0.15, 0.2) is 0 Å². The third kappa shape index (κ3) is 0.951. The van der Waals surface area contributed by atoms with Gasteiger partial charge in [-0.1, -0.05) is 13.8 Å². The van der Waals surface area contributed by atoms with E-state index in [1.54, 1.807) is 0 Å². The number of nitrogens with zero attached hydrogens (tertiary/aromatic N) is 3. The molecule has 0 bridgehead atoms. The van der Waals surface area contributed by atoms with Crippen LogP contribution < -0.4 is 0 Å². The maximum absolute atomic E-state index is 4.15. The third-order valence-corrected chi connectivity index (χ3v) is 2.15. The molecule has 0 spiro atoms. The Morgan fingerprint density at radius 1 is 1.36 bits per heavy atom. The lowest BCUT2D eigenvalue weighted by Gasteiger charge is -2.04. The van der Waals surface area contributed by atoms with Crippen LogP contribution in [-0.2, 0) is 13.0 Å². The van der Waals surface area contributed by atoms with Crippen LogP contribution >= 0.6 is 0 Å². The minimum Gasteiger partial charge on any atom is -0.315 e. The highest BCUT2D eigenvalue weighted by atomic mass is 15.3. The van der Waals surface area contributed by atoms with Crippen LogP contribution in [0, 0.1) is 0 Å². The molecular weight excluding hydrogens is 138 g/mol. The SMILES string of the molecule is CC(C)c1nnc2n1CCC2. The van der Waals surface area contributed by atoms with Crippen molar-refractivity contribution >= 4 is 0 Å². The molecule has 3 heteroatoms. The van der Waals surface area contributed by atoms with Gasteiger partial charge < -0.3 is 4.57 Å². The Bertz CT molecular complexity index is 262. The topological polar surface area (TPSA) is 30.7 Å². The second kappa shape index (κ2) is 2.32. The van der Waals surface area contributed by atoms with E-state index in [4.69, 9.17) is 0 Å². The second-order valence-electron chi connectivity index (χ2n) is 3.38. The van der Waals surface area contributed by atoms with Crippen molar-refractivity contribution in [2.45, 2.75) is 39.2 Å². The maximum atomic E-state index is 4.15. The number of aryl methyl sites for hydroxylation is 1. The van der Waals surface area contributed by atoms with E-state index in [-0.39, 0.29) is 0 Å². The fourth-order valence-electron chi connectivity index (χ4n) is 1.60. The molecule has 2 rings (SSSR count). The maximum Gasteiger partial charge on any atom is 0.135 e. The normalized spacial score (nSPS) is 15.9. The molecule has 0 amide bonds. The monoisotopic (exact) mass is 151 g/mol. The van der Waals surface area contributed by atoms with E-state index < -0.39 is 0 Å². The smallest absolute Gasteiger partial charge is 0.135 e. The summed E-state index contributed by atoms with van der Waals surface area (Å²) in [6.45, 7) is 5.45. The fourth-order valence-corrected chi connectivity index (χ4v) is 1.60. The summed E-state index contributed by atoms with van der Waals surface area (Å²) in [6.07, 6.45) is 2.35. The first kappa shape index (κ1) is 6.83. The summed E-state index contributed by atoms with van der Waals surface area (Å²) in [5.74, 6) is 2.83. The predicted octanol–water partition coefficient (Wildman–Crippen LogP) is 1.35. The molecule has 1 aliphatic heterocycles. The number of hydrogen-bond donors (Lipinski definition) is 0. The van der Waals surface area contributed by atoms with Gasteiger partial charge in [-0.25, -0.2) is 0 Å². The van der Waals surface area contributed by atoms with Gasteiger partial charge in [0, 0.05) is 18.9 Å². The average Bonchev–Trinajstić information content (AvgIpc) is 2.41. The van der Waals surface area contributed by atoms with Gasteiger partial charge >= 0.3 is 0 Å². The van der Waals surface area contributed by atoms with E-state index in [0.717, 1.165) is 18.8 Å². The van der Waals surface area contributed by atoms with E-state index in [9.17, 15) is 0 Å². The molecule has 11 heavy (non-hydrogen) atoms. The largest absolute Gasteiger partial charge is 0.315 e. The van der Waals surface area contributed by atoms with Crippen molar-refractivity contribution in [1.29, 1.82) is 0 Å². The molecule has 0 saturated heterocycles. The highest BCUT2D eigenvalue weighted by molar-refractivity contribution is 5.03. The lowest BCUT2D eigenvalue weighted by Crippen LogP contribution is -2.02. The van der Waals surface area contributed by atoms with E-state index in [0.29, 0.717) is 5.92 Å². The summed E-state index contributed by atoms with van der Waals surface area (Å²) in [5.41, 5.74) is 0. The molecular formula is C8H13N3. The minimum absolute atomic E-state index is 0.509. The van der Waals surface area contributed by atoms with Crippen molar-refractivity contribution in [3.05, 3.63) is 11.6 Å². The molecule has 0 radical (unpaired) electrons. The van der Waals surface area contributed by atoms with Crippen LogP contribution in [0.1, 0.15) is 37.8 Å². The lowest BCUT2D eigenvalue weighted by molar-refractivity contribution is 0.646. The summed E-state index contributed by atoms with van der Waals surface area (Å²) in [6, 6.07) is 0. The van der Waals surface area contributed by atoms with Crippen LogP contribution in [0.5, 0.6) is 0 Å². The standard InChI is InChI=1S/C8H13N3/c1-6(2)8-10-9-7-4-3-5-11(7)8/h6H,3-5H2,1-2H3. The lowest BCUT2D eigenvalue weighted by atomic mass is 10.2. The number of fused-ring (bicyclic) bond motifs is 1. The fraction of sp³-hybridized carbons (Fsp3) is 0.750. The van der Waals surface area contributed by atoms with Crippen molar-refractivity contribution in [3.63, 3.8) is 0 Å². The number of hydrogen-bond acceptors (Lipinski definition) is 2. The molecule has 2 heterocycles. The average molecular weight is 151 g/mol. The Morgan fingerprint density at radius 2 is 2.18 bits per heavy atom. The minimum atomic E-state index is 0.509. The molecule has 60 valence electrons. The molecule has 3 nitrogen and oxygen atoms in total. The molecule has 1 aliphatic rings. The van der Waals surface area contributed by atoms with Crippen LogP contribution in [0.3, 0.4) is 0 Å². The van der Waals surface area contributed by atoms with Crippen molar-refractivity contribution in [1.82, 2.24) is 14.8 Å². The van der Waals surface area contributed by atoms with Gasteiger partial charge in [0.1, 0.15) is 11.6 Å². The van der Waals surface area contributed by atoms with Crippen LogP contribution in [0.2, 0.25) is 0 Å². The second-order valence-corrected chi connectivity index (χ2v) is 3.38. The third-order valence-electron chi connectivity index (χ3n) is 2.15.